The molecule has 1 aliphatic heterocycles. The van der Waals surface area contributed by atoms with Crippen molar-refractivity contribution in [3.8, 4) is 5.75 Å². The number of rotatable bonds is 12. The number of piperazine rings is 1. The normalized spacial score (nSPS) is 14.1. The Morgan fingerprint density at radius 3 is 2.32 bits per heavy atom. The number of nitrogens with one attached hydrogen (secondary N) is 2. The van der Waals surface area contributed by atoms with Crippen LogP contribution in [0.2, 0.25) is 0 Å². The second-order valence-corrected chi connectivity index (χ2v) is 15.9. The van der Waals surface area contributed by atoms with E-state index in [0.29, 0.717) is 28.2 Å². The molecule has 16 heteroatoms. The molecule has 0 bridgehead atoms. The second kappa shape index (κ2) is 14.1. The zero-order valence-electron chi connectivity index (χ0n) is 28.5. The van der Waals surface area contributed by atoms with Gasteiger partial charge in [0, 0.05) is 58.3 Å². The Labute approximate surface area is 292 Å². The van der Waals surface area contributed by atoms with Gasteiger partial charge in [-0.3, -0.25) is 4.31 Å². The summed E-state index contributed by atoms with van der Waals surface area (Å²) in [6.07, 6.45) is 2.55. The summed E-state index contributed by atoms with van der Waals surface area (Å²) in [6, 6.07) is 20.7. The van der Waals surface area contributed by atoms with E-state index in [2.05, 4.69) is 32.5 Å². The monoisotopic (exact) mass is 720 g/mol. The minimum Gasteiger partial charge on any atom is -0.465 e. The summed E-state index contributed by atoms with van der Waals surface area (Å²) in [5.74, 6) is 0.955. The molecule has 50 heavy (non-hydrogen) atoms. The molecule has 2 N–H and O–H groups in total. The summed E-state index contributed by atoms with van der Waals surface area (Å²) < 4.78 is 66.3. The summed E-state index contributed by atoms with van der Waals surface area (Å²) in [4.78, 5) is 14.1. The van der Waals surface area contributed by atoms with Gasteiger partial charge in [-0.05, 0) is 56.4 Å². The minimum absolute atomic E-state index is 0.0481. The average Bonchev–Trinajstić information content (AvgIpc) is 3.53. The van der Waals surface area contributed by atoms with Crippen molar-refractivity contribution >= 4 is 65.6 Å². The van der Waals surface area contributed by atoms with Crippen LogP contribution in [0.4, 0.5) is 34.5 Å². The van der Waals surface area contributed by atoms with Crippen molar-refractivity contribution in [2.45, 2.75) is 11.8 Å². The highest BCUT2D eigenvalue weighted by Gasteiger charge is 2.24. The molecule has 1 fully saturated rings. The lowest BCUT2D eigenvalue weighted by molar-refractivity contribution is 0.0514. The molecule has 0 radical (unpaired) electrons. The Hall–Kier alpha value is -4.90. The van der Waals surface area contributed by atoms with Crippen LogP contribution in [0.5, 0.6) is 5.75 Å². The van der Waals surface area contributed by atoms with Gasteiger partial charge in [-0.2, -0.15) is 9.97 Å². The predicted octanol–water partition coefficient (Wildman–Crippen LogP) is 4.59. The molecule has 1 aliphatic rings. The first-order chi connectivity index (χ1) is 23.8. The molecule has 5 aromatic rings. The first-order valence-electron chi connectivity index (χ1n) is 15.8. The van der Waals surface area contributed by atoms with Crippen LogP contribution in [-0.4, -0.2) is 96.1 Å². The molecule has 2 aromatic heterocycles. The summed E-state index contributed by atoms with van der Waals surface area (Å²) >= 11 is 0. The largest absolute Gasteiger partial charge is 0.465 e. The predicted molar refractivity (Wildman–Crippen MR) is 196 cm³/mol. The van der Waals surface area contributed by atoms with Crippen LogP contribution < -0.4 is 24.6 Å². The van der Waals surface area contributed by atoms with Crippen molar-refractivity contribution in [3.05, 3.63) is 84.6 Å². The molecule has 1 saturated heterocycles. The van der Waals surface area contributed by atoms with Crippen molar-refractivity contribution in [2.24, 2.45) is 0 Å². The number of nitrogens with zero attached hydrogens (tertiary/aromatic N) is 6. The summed E-state index contributed by atoms with van der Waals surface area (Å²) in [6.45, 7) is 5.44. The fourth-order valence-electron chi connectivity index (χ4n) is 5.59. The Morgan fingerprint density at radius 2 is 1.62 bits per heavy atom. The molecule has 0 unspecified atom stereocenters. The second-order valence-electron chi connectivity index (χ2n) is 12.1. The van der Waals surface area contributed by atoms with E-state index in [0.717, 1.165) is 52.0 Å². The number of sulfonamides is 1. The molecule has 14 nitrogen and oxygen atoms in total. The quantitative estimate of drug-likeness (QED) is 0.174. The number of ether oxygens (including phenoxy) is 2. The van der Waals surface area contributed by atoms with E-state index in [1.165, 1.54) is 13.2 Å². The number of likely N-dealkylation sites (N-methyl/N-ethyl adjacent to an activating group) is 1. The highest BCUT2D eigenvalue weighted by atomic mass is 32.2. The van der Waals surface area contributed by atoms with Gasteiger partial charge in [0.15, 0.2) is 12.4 Å². The smallest absolute Gasteiger partial charge is 0.269 e. The van der Waals surface area contributed by atoms with E-state index in [4.69, 9.17) is 14.5 Å². The zero-order chi connectivity index (χ0) is 35.6. The van der Waals surface area contributed by atoms with Crippen molar-refractivity contribution < 1.29 is 26.3 Å². The lowest BCUT2D eigenvalue weighted by Gasteiger charge is -2.35. The van der Waals surface area contributed by atoms with Crippen molar-refractivity contribution in [1.82, 2.24) is 18.8 Å². The van der Waals surface area contributed by atoms with Gasteiger partial charge < -0.3 is 29.9 Å². The third-order valence-corrected chi connectivity index (χ3v) is 11.3. The molecular formula is C34H40N8O6S2. The van der Waals surface area contributed by atoms with E-state index in [-0.39, 0.29) is 29.1 Å². The fraction of sp³-hybridized carbons (Fsp3) is 0.294. The molecule has 6 rings (SSSR count). The first kappa shape index (κ1) is 34.9. The van der Waals surface area contributed by atoms with Crippen LogP contribution >= 0.6 is 0 Å². The lowest BCUT2D eigenvalue weighted by Crippen LogP contribution is -2.44. The third kappa shape index (κ3) is 7.33. The van der Waals surface area contributed by atoms with Gasteiger partial charge in [0.2, 0.25) is 16.0 Å². The Morgan fingerprint density at radius 1 is 0.900 bits per heavy atom. The summed E-state index contributed by atoms with van der Waals surface area (Å²) in [7, 11) is -2.55. The van der Waals surface area contributed by atoms with Crippen LogP contribution in [0.1, 0.15) is 5.56 Å². The topological polar surface area (TPSA) is 151 Å². The number of hydrogen-bond donors (Lipinski definition) is 2. The summed E-state index contributed by atoms with van der Waals surface area (Å²) in [5, 5.41) is 6.87. The van der Waals surface area contributed by atoms with Crippen LogP contribution in [-0.2, 0) is 24.8 Å². The number of fused-ring (bicyclic) bond motifs is 1. The molecule has 3 aromatic carbocycles. The molecule has 0 aliphatic carbocycles. The van der Waals surface area contributed by atoms with E-state index < -0.39 is 20.0 Å². The highest BCUT2D eigenvalue weighted by molar-refractivity contribution is 7.92. The van der Waals surface area contributed by atoms with Crippen LogP contribution in [0.3, 0.4) is 0 Å². The molecule has 0 amide bonds. The molecule has 264 valence electrons. The zero-order valence-corrected chi connectivity index (χ0v) is 30.1. The van der Waals surface area contributed by atoms with E-state index in [1.54, 1.807) is 61.7 Å². The first-order valence-corrected chi connectivity index (χ1v) is 19.1. The average molecular weight is 721 g/mol. The van der Waals surface area contributed by atoms with Crippen molar-refractivity contribution in [1.29, 1.82) is 0 Å². The van der Waals surface area contributed by atoms with Gasteiger partial charge in [-0.25, -0.2) is 20.8 Å². The van der Waals surface area contributed by atoms with Gasteiger partial charge in [-0.15, -0.1) is 0 Å². The SMILES string of the molecule is COCOc1cc(Nc2nc(Nc3ccccc3N(C)S(C)(=O)=O)c3ccn(S(=O)(=O)c4ccc(C)cc4)c3n2)ccc1N1CCN(C)CC1. The minimum atomic E-state index is -4.06. The Kier molecular flexibility index (Phi) is 9.89. The van der Waals surface area contributed by atoms with Gasteiger partial charge in [0.1, 0.15) is 11.6 Å². The number of methoxy groups -OCH3 is 1. The Bertz CT molecular complexity index is 2220. The van der Waals surface area contributed by atoms with Gasteiger partial charge in [0.25, 0.3) is 10.0 Å². The number of aromatic nitrogens is 3. The van der Waals surface area contributed by atoms with Crippen LogP contribution in [0.25, 0.3) is 11.0 Å². The number of hydrogen-bond acceptors (Lipinski definition) is 12. The van der Waals surface area contributed by atoms with E-state index in [9.17, 15) is 16.8 Å². The standard InChI is InChI=1S/C34H40N8O6S2/c1-24-10-13-26(14-11-24)50(45,46)42-17-16-27-32(36-28-8-6-7-9-29(28)40(3)49(5,43)44)37-34(38-33(27)42)35-25-12-15-30(31(22-25)48-23-47-4)41-20-18-39(2)19-21-41/h6-17,22H,18-21,23H2,1-5H3,(H2,35,36,37,38). The molecule has 0 spiro atoms. The van der Waals surface area contributed by atoms with Gasteiger partial charge in [0.05, 0.1) is 33.6 Å². The number of para-hydroxylation sites is 2. The lowest BCUT2D eigenvalue weighted by atomic mass is 10.2. The third-order valence-electron chi connectivity index (χ3n) is 8.47. The molecule has 0 saturated carbocycles. The fourth-order valence-corrected chi connectivity index (χ4v) is 7.40. The van der Waals surface area contributed by atoms with E-state index >= 15 is 0 Å². The number of benzene rings is 3. The van der Waals surface area contributed by atoms with Crippen molar-refractivity contribution in [3.63, 3.8) is 0 Å². The summed E-state index contributed by atoms with van der Waals surface area (Å²) in [5.41, 5.74) is 3.37. The van der Waals surface area contributed by atoms with Crippen LogP contribution in [0, 0.1) is 6.92 Å². The number of aryl methyl sites for hydroxylation is 1. The van der Waals surface area contributed by atoms with E-state index in [1.807, 2.05) is 25.1 Å². The number of anilines is 6. The maximum absolute atomic E-state index is 13.9. The van der Waals surface area contributed by atoms with Crippen LogP contribution in [0.15, 0.2) is 83.9 Å². The Balaban J connectivity index is 1.45. The maximum atomic E-state index is 13.9. The van der Waals surface area contributed by atoms with Gasteiger partial charge in [-0.1, -0.05) is 29.8 Å². The molecular weight excluding hydrogens is 681 g/mol. The molecule has 0 atom stereocenters. The van der Waals surface area contributed by atoms with Crippen molar-refractivity contribution in [2.75, 3.05) is 80.3 Å². The maximum Gasteiger partial charge on any atom is 0.269 e. The highest BCUT2D eigenvalue weighted by Crippen LogP contribution is 2.36. The van der Waals surface area contributed by atoms with Gasteiger partial charge >= 0.3 is 0 Å². The molecule has 3 heterocycles.